The summed E-state index contributed by atoms with van der Waals surface area (Å²) in [5.41, 5.74) is 0. The Labute approximate surface area is 348 Å². The number of nitrogens with zero attached hydrogens (tertiary/aromatic N) is 3. The standard InChI is InChI=1S/C49H93N3O4/c1-5-8-11-14-17-18-19-20-21-22-23-24-25-26-29-32-37-51(38-33-39-52-43-41-50(4)42-44-52)40-36-48(53)55-45-46-56-49(54)47(34-30-27-15-12-9-6-2)35-31-28-16-13-10-7-3/h17-18,20-21,47H,5-16,19,22-46H2,1-4H3/b18-17-,21-20-. The molecule has 0 aromatic rings. The van der Waals surface area contributed by atoms with Crippen molar-refractivity contribution in [2.75, 3.05) is 72.6 Å². The van der Waals surface area contributed by atoms with Crippen LogP contribution >= 0.6 is 0 Å². The lowest BCUT2D eigenvalue weighted by Crippen LogP contribution is -2.45. The molecule has 0 aromatic heterocycles. The summed E-state index contributed by atoms with van der Waals surface area (Å²) in [6, 6.07) is 0. The number of esters is 2. The molecule has 0 spiro atoms. The molecule has 0 aromatic carbocycles. The van der Waals surface area contributed by atoms with Crippen LogP contribution in [0.15, 0.2) is 24.3 Å². The number of carbonyl (C=O) groups excluding carboxylic acids is 2. The Kier molecular flexibility index (Phi) is 37.5. The van der Waals surface area contributed by atoms with E-state index in [1.54, 1.807) is 0 Å². The molecular formula is C49H93N3O4. The molecule has 0 N–H and O–H groups in total. The zero-order chi connectivity index (χ0) is 40.6. The Hall–Kier alpha value is -1.70. The number of unbranched alkanes of at least 4 members (excludes halogenated alkanes) is 19. The number of rotatable bonds is 40. The minimum Gasteiger partial charge on any atom is -0.462 e. The van der Waals surface area contributed by atoms with Gasteiger partial charge in [0, 0.05) is 32.7 Å². The molecule has 1 saturated heterocycles. The summed E-state index contributed by atoms with van der Waals surface area (Å²) < 4.78 is 11.3. The van der Waals surface area contributed by atoms with Gasteiger partial charge in [-0.3, -0.25) is 9.59 Å². The van der Waals surface area contributed by atoms with Crippen LogP contribution in [0.2, 0.25) is 0 Å². The van der Waals surface area contributed by atoms with E-state index in [0.29, 0.717) is 6.42 Å². The number of hydrogen-bond acceptors (Lipinski definition) is 7. The van der Waals surface area contributed by atoms with Crippen LogP contribution in [0.5, 0.6) is 0 Å². The molecule has 1 heterocycles. The van der Waals surface area contributed by atoms with Gasteiger partial charge in [0.05, 0.1) is 12.3 Å². The molecule has 0 amide bonds. The first-order valence-electron chi connectivity index (χ1n) is 24.3. The van der Waals surface area contributed by atoms with E-state index in [2.05, 4.69) is 66.8 Å². The van der Waals surface area contributed by atoms with Gasteiger partial charge in [-0.25, -0.2) is 0 Å². The second kappa shape index (κ2) is 40.1. The van der Waals surface area contributed by atoms with E-state index in [-0.39, 0.29) is 31.1 Å². The van der Waals surface area contributed by atoms with Gasteiger partial charge in [0.1, 0.15) is 13.2 Å². The highest BCUT2D eigenvalue weighted by Crippen LogP contribution is 2.21. The Morgan fingerprint density at radius 2 is 1.04 bits per heavy atom. The summed E-state index contributed by atoms with van der Waals surface area (Å²) in [7, 11) is 2.21. The number of ether oxygens (including phenoxy) is 2. The van der Waals surface area contributed by atoms with Crippen molar-refractivity contribution in [3.63, 3.8) is 0 Å². The number of allylic oxidation sites excluding steroid dienone is 4. The van der Waals surface area contributed by atoms with Crippen LogP contribution in [0.4, 0.5) is 0 Å². The third-order valence-corrected chi connectivity index (χ3v) is 11.6. The monoisotopic (exact) mass is 788 g/mol. The van der Waals surface area contributed by atoms with Crippen molar-refractivity contribution in [1.29, 1.82) is 0 Å². The second-order valence-corrected chi connectivity index (χ2v) is 16.9. The van der Waals surface area contributed by atoms with E-state index < -0.39 is 0 Å². The summed E-state index contributed by atoms with van der Waals surface area (Å²) in [6.07, 6.45) is 42.6. The third kappa shape index (κ3) is 33.3. The van der Waals surface area contributed by atoms with Gasteiger partial charge in [0.2, 0.25) is 0 Å². The molecule has 0 bridgehead atoms. The zero-order valence-corrected chi connectivity index (χ0v) is 37.7. The van der Waals surface area contributed by atoms with Crippen LogP contribution in [0.3, 0.4) is 0 Å². The van der Waals surface area contributed by atoms with E-state index >= 15 is 0 Å². The van der Waals surface area contributed by atoms with Gasteiger partial charge in [-0.1, -0.05) is 161 Å². The fraction of sp³-hybridized carbons (Fsp3) is 0.878. The molecule has 0 radical (unpaired) electrons. The summed E-state index contributed by atoms with van der Waals surface area (Å²) in [4.78, 5) is 33.3. The predicted molar refractivity (Wildman–Crippen MR) is 240 cm³/mol. The number of hydrogen-bond donors (Lipinski definition) is 0. The second-order valence-electron chi connectivity index (χ2n) is 16.9. The fourth-order valence-electron chi connectivity index (χ4n) is 7.71. The van der Waals surface area contributed by atoms with Crippen molar-refractivity contribution in [2.45, 2.75) is 201 Å². The third-order valence-electron chi connectivity index (χ3n) is 11.6. The SMILES string of the molecule is CCCCC/C=C\C/C=C\CCCCCCCCN(CCCN1CCN(C)CC1)CCC(=O)OCCOC(=O)C(CCCCCCCC)CCCCCCCC. The minimum absolute atomic E-state index is 0.0259. The zero-order valence-electron chi connectivity index (χ0n) is 37.7. The van der Waals surface area contributed by atoms with Gasteiger partial charge >= 0.3 is 11.9 Å². The van der Waals surface area contributed by atoms with E-state index in [1.807, 2.05) is 0 Å². The number of likely N-dealkylation sites (N-methyl/N-ethyl adjacent to an activating group) is 1. The Balaban J connectivity index is 2.38. The summed E-state index contributed by atoms with van der Waals surface area (Å²) in [5.74, 6) is -0.303. The highest BCUT2D eigenvalue weighted by atomic mass is 16.6. The van der Waals surface area contributed by atoms with Crippen LogP contribution in [-0.4, -0.2) is 99.3 Å². The van der Waals surface area contributed by atoms with Crippen molar-refractivity contribution in [3.05, 3.63) is 24.3 Å². The van der Waals surface area contributed by atoms with Gasteiger partial charge < -0.3 is 24.2 Å². The molecule has 1 fully saturated rings. The predicted octanol–water partition coefficient (Wildman–Crippen LogP) is 12.3. The van der Waals surface area contributed by atoms with Crippen LogP contribution in [0, 0.1) is 5.92 Å². The van der Waals surface area contributed by atoms with Gasteiger partial charge in [-0.15, -0.1) is 0 Å². The van der Waals surface area contributed by atoms with Gasteiger partial charge in [-0.2, -0.15) is 0 Å². The van der Waals surface area contributed by atoms with Gasteiger partial charge in [-0.05, 0) is 84.5 Å². The molecule has 7 heteroatoms. The van der Waals surface area contributed by atoms with Gasteiger partial charge in [0.15, 0.2) is 0 Å². The lowest BCUT2D eigenvalue weighted by molar-refractivity contribution is -0.155. The van der Waals surface area contributed by atoms with Crippen molar-refractivity contribution in [3.8, 4) is 0 Å². The molecule has 7 nitrogen and oxygen atoms in total. The Morgan fingerprint density at radius 1 is 0.554 bits per heavy atom. The highest BCUT2D eigenvalue weighted by molar-refractivity contribution is 5.72. The smallest absolute Gasteiger partial charge is 0.309 e. The van der Waals surface area contributed by atoms with Crippen molar-refractivity contribution in [1.82, 2.24) is 14.7 Å². The molecule has 0 aliphatic carbocycles. The van der Waals surface area contributed by atoms with Crippen LogP contribution in [-0.2, 0) is 19.1 Å². The van der Waals surface area contributed by atoms with Crippen molar-refractivity contribution >= 4 is 11.9 Å². The lowest BCUT2D eigenvalue weighted by atomic mass is 9.94. The van der Waals surface area contributed by atoms with Crippen LogP contribution in [0.1, 0.15) is 201 Å². The first-order valence-corrected chi connectivity index (χ1v) is 24.3. The first kappa shape index (κ1) is 52.3. The summed E-state index contributed by atoms with van der Waals surface area (Å²) in [6.45, 7) is 15.6. The largest absolute Gasteiger partial charge is 0.462 e. The van der Waals surface area contributed by atoms with Crippen LogP contribution < -0.4 is 0 Å². The van der Waals surface area contributed by atoms with Crippen LogP contribution in [0.25, 0.3) is 0 Å². The van der Waals surface area contributed by atoms with Gasteiger partial charge in [0.25, 0.3) is 0 Å². The Bertz CT molecular complexity index is 916. The molecular weight excluding hydrogens is 695 g/mol. The average Bonchev–Trinajstić information content (AvgIpc) is 3.20. The molecule has 0 unspecified atom stereocenters. The van der Waals surface area contributed by atoms with Crippen molar-refractivity contribution < 1.29 is 19.1 Å². The van der Waals surface area contributed by atoms with Crippen molar-refractivity contribution in [2.24, 2.45) is 5.92 Å². The first-order chi connectivity index (χ1) is 27.5. The van der Waals surface area contributed by atoms with E-state index in [0.717, 1.165) is 90.9 Å². The number of carbonyl (C=O) groups is 2. The lowest BCUT2D eigenvalue weighted by Gasteiger charge is -2.33. The normalized spacial score (nSPS) is 14.2. The molecule has 328 valence electrons. The maximum atomic E-state index is 13.1. The molecule has 1 aliphatic heterocycles. The molecule has 1 rings (SSSR count). The quantitative estimate of drug-likeness (QED) is 0.0348. The fourth-order valence-corrected chi connectivity index (χ4v) is 7.71. The van der Waals surface area contributed by atoms with E-state index in [9.17, 15) is 9.59 Å². The van der Waals surface area contributed by atoms with E-state index in [1.165, 1.54) is 135 Å². The Morgan fingerprint density at radius 3 is 1.64 bits per heavy atom. The molecule has 0 atom stereocenters. The number of piperazine rings is 1. The van der Waals surface area contributed by atoms with E-state index in [4.69, 9.17) is 9.47 Å². The maximum Gasteiger partial charge on any atom is 0.309 e. The topological polar surface area (TPSA) is 62.3 Å². The summed E-state index contributed by atoms with van der Waals surface area (Å²) >= 11 is 0. The maximum absolute atomic E-state index is 13.1. The highest BCUT2D eigenvalue weighted by Gasteiger charge is 2.20. The average molecular weight is 788 g/mol. The molecule has 56 heavy (non-hydrogen) atoms. The summed E-state index contributed by atoms with van der Waals surface area (Å²) in [5, 5.41) is 0. The minimum atomic E-state index is -0.183. The molecule has 0 saturated carbocycles. The molecule has 1 aliphatic rings.